The Labute approximate surface area is 143 Å². The zero-order valence-electron chi connectivity index (χ0n) is 14.6. The highest BCUT2D eigenvalue weighted by molar-refractivity contribution is 5.79. The number of carbonyl (C=O) groups excluding carboxylic acids is 1. The van der Waals surface area contributed by atoms with Crippen LogP contribution >= 0.6 is 0 Å². The second-order valence-electron chi connectivity index (χ2n) is 6.74. The minimum Gasteiger partial charge on any atom is -0.491 e. The van der Waals surface area contributed by atoms with Crippen LogP contribution in [0.4, 0.5) is 0 Å². The molecule has 2 aromatic rings. The van der Waals surface area contributed by atoms with Gasteiger partial charge in [-0.3, -0.25) is 4.79 Å². The Morgan fingerprint density at radius 1 is 1.46 bits per heavy atom. The number of nitrogens with one attached hydrogen (secondary N) is 1. The summed E-state index contributed by atoms with van der Waals surface area (Å²) in [5.74, 6) is 1.99. The van der Waals surface area contributed by atoms with E-state index in [-0.39, 0.29) is 18.1 Å². The molecule has 2 heterocycles. The number of hydrogen-bond acceptors (Lipinski definition) is 3. The number of carbonyl (C=O) groups is 1. The maximum atomic E-state index is 12.4. The fourth-order valence-electron chi connectivity index (χ4n) is 3.17. The van der Waals surface area contributed by atoms with E-state index < -0.39 is 0 Å². The van der Waals surface area contributed by atoms with Crippen LogP contribution in [0, 0.1) is 6.92 Å². The minimum atomic E-state index is 0.0574. The average Bonchev–Trinajstić information content (AvgIpc) is 2.86. The molecule has 1 unspecified atom stereocenters. The van der Waals surface area contributed by atoms with Gasteiger partial charge in [0.05, 0.1) is 18.2 Å². The van der Waals surface area contributed by atoms with Crippen LogP contribution < -0.4 is 10.1 Å². The SMILES string of the molecule is Cc1cn2c(n1)CCC(NC(=O)Cc1cccc(OC(C)C)c1)C2. The second kappa shape index (κ2) is 7.07. The van der Waals surface area contributed by atoms with Gasteiger partial charge >= 0.3 is 0 Å². The van der Waals surface area contributed by atoms with Crippen molar-refractivity contribution in [2.24, 2.45) is 0 Å². The lowest BCUT2D eigenvalue weighted by Gasteiger charge is -2.24. The van der Waals surface area contributed by atoms with Crippen LogP contribution in [0.2, 0.25) is 0 Å². The Bertz CT molecular complexity index is 721. The molecule has 1 atom stereocenters. The van der Waals surface area contributed by atoms with Gasteiger partial charge < -0.3 is 14.6 Å². The van der Waals surface area contributed by atoms with E-state index in [2.05, 4.69) is 21.1 Å². The van der Waals surface area contributed by atoms with E-state index in [1.54, 1.807) is 0 Å². The quantitative estimate of drug-likeness (QED) is 0.918. The van der Waals surface area contributed by atoms with Crippen LogP contribution in [0.25, 0.3) is 0 Å². The number of imidazole rings is 1. The number of benzene rings is 1. The molecule has 0 aliphatic carbocycles. The predicted octanol–water partition coefficient (Wildman–Crippen LogP) is 2.65. The molecule has 1 amide bonds. The second-order valence-corrected chi connectivity index (χ2v) is 6.74. The molecular weight excluding hydrogens is 302 g/mol. The van der Waals surface area contributed by atoms with Crippen LogP contribution in [-0.4, -0.2) is 27.6 Å². The van der Waals surface area contributed by atoms with Crippen LogP contribution in [0.15, 0.2) is 30.5 Å². The van der Waals surface area contributed by atoms with E-state index in [0.29, 0.717) is 6.42 Å². The lowest BCUT2D eigenvalue weighted by Crippen LogP contribution is -2.41. The molecule has 1 aliphatic heterocycles. The standard InChI is InChI=1S/C19H25N3O2/c1-13(2)24-17-6-4-5-15(9-17)10-19(23)21-16-7-8-18-20-14(3)11-22(18)12-16/h4-6,9,11,13,16H,7-8,10,12H2,1-3H3,(H,21,23). The topological polar surface area (TPSA) is 56.2 Å². The number of rotatable bonds is 5. The maximum Gasteiger partial charge on any atom is 0.224 e. The monoisotopic (exact) mass is 327 g/mol. The molecule has 0 radical (unpaired) electrons. The van der Waals surface area contributed by atoms with E-state index in [1.807, 2.05) is 45.0 Å². The normalized spacial score (nSPS) is 16.8. The fourth-order valence-corrected chi connectivity index (χ4v) is 3.17. The molecule has 0 bridgehead atoms. The van der Waals surface area contributed by atoms with Crippen LogP contribution in [0.5, 0.6) is 5.75 Å². The van der Waals surface area contributed by atoms with E-state index >= 15 is 0 Å². The van der Waals surface area contributed by atoms with Gasteiger partial charge in [-0.15, -0.1) is 0 Å². The van der Waals surface area contributed by atoms with Crippen molar-refractivity contribution in [3.8, 4) is 5.75 Å². The van der Waals surface area contributed by atoms with E-state index in [0.717, 1.165) is 42.2 Å². The lowest BCUT2D eigenvalue weighted by atomic mass is 10.1. The first-order valence-corrected chi connectivity index (χ1v) is 8.57. The van der Waals surface area contributed by atoms with Gasteiger partial charge in [-0.1, -0.05) is 12.1 Å². The van der Waals surface area contributed by atoms with Gasteiger partial charge in [0.1, 0.15) is 11.6 Å². The predicted molar refractivity (Wildman–Crippen MR) is 93.1 cm³/mol. The molecule has 5 nitrogen and oxygen atoms in total. The average molecular weight is 327 g/mol. The first-order chi connectivity index (χ1) is 11.5. The molecule has 3 rings (SSSR count). The number of aromatic nitrogens is 2. The summed E-state index contributed by atoms with van der Waals surface area (Å²) < 4.78 is 7.84. The number of fused-ring (bicyclic) bond motifs is 1. The van der Waals surface area contributed by atoms with Gasteiger partial charge in [-0.05, 0) is 44.9 Å². The summed E-state index contributed by atoms with van der Waals surface area (Å²) in [5, 5.41) is 3.15. The van der Waals surface area contributed by atoms with Crippen molar-refractivity contribution in [3.63, 3.8) is 0 Å². The zero-order chi connectivity index (χ0) is 17.1. The summed E-state index contributed by atoms with van der Waals surface area (Å²) in [6, 6.07) is 7.93. The van der Waals surface area contributed by atoms with E-state index in [1.165, 1.54) is 0 Å². The largest absolute Gasteiger partial charge is 0.491 e. The Hall–Kier alpha value is -2.30. The molecule has 1 aromatic carbocycles. The van der Waals surface area contributed by atoms with Crippen molar-refractivity contribution in [2.75, 3.05) is 0 Å². The van der Waals surface area contributed by atoms with Gasteiger partial charge in [0.2, 0.25) is 5.91 Å². The number of amides is 1. The molecular formula is C19H25N3O2. The van der Waals surface area contributed by atoms with Crippen molar-refractivity contribution in [1.29, 1.82) is 0 Å². The molecule has 5 heteroatoms. The summed E-state index contributed by atoms with van der Waals surface area (Å²) in [6.07, 6.45) is 4.42. The zero-order valence-corrected chi connectivity index (χ0v) is 14.6. The third kappa shape index (κ3) is 4.16. The summed E-state index contributed by atoms with van der Waals surface area (Å²) in [7, 11) is 0. The Morgan fingerprint density at radius 3 is 3.08 bits per heavy atom. The molecule has 128 valence electrons. The summed E-state index contributed by atoms with van der Waals surface area (Å²) in [5.41, 5.74) is 2.01. The molecule has 0 fully saturated rings. The highest BCUT2D eigenvalue weighted by Crippen LogP contribution is 2.17. The van der Waals surface area contributed by atoms with Crippen molar-refractivity contribution in [1.82, 2.24) is 14.9 Å². The van der Waals surface area contributed by atoms with Crippen LogP contribution in [0.1, 0.15) is 37.4 Å². The fraction of sp³-hybridized carbons (Fsp3) is 0.474. The maximum absolute atomic E-state index is 12.4. The molecule has 24 heavy (non-hydrogen) atoms. The Morgan fingerprint density at radius 2 is 2.29 bits per heavy atom. The molecule has 0 saturated carbocycles. The molecule has 1 N–H and O–H groups in total. The number of ether oxygens (including phenoxy) is 1. The van der Waals surface area contributed by atoms with E-state index in [4.69, 9.17) is 4.74 Å². The van der Waals surface area contributed by atoms with E-state index in [9.17, 15) is 4.79 Å². The number of nitrogens with zero attached hydrogens (tertiary/aromatic N) is 2. The van der Waals surface area contributed by atoms with Crippen LogP contribution in [-0.2, 0) is 24.2 Å². The van der Waals surface area contributed by atoms with Gasteiger partial charge in [-0.2, -0.15) is 0 Å². The first kappa shape index (κ1) is 16.6. The number of hydrogen-bond donors (Lipinski definition) is 1. The smallest absolute Gasteiger partial charge is 0.224 e. The highest BCUT2D eigenvalue weighted by atomic mass is 16.5. The lowest BCUT2D eigenvalue weighted by molar-refractivity contribution is -0.121. The van der Waals surface area contributed by atoms with Gasteiger partial charge in [0.25, 0.3) is 0 Å². The molecule has 0 spiro atoms. The summed E-state index contributed by atoms with van der Waals surface area (Å²) in [6.45, 7) is 6.80. The van der Waals surface area contributed by atoms with Crippen molar-refractivity contribution >= 4 is 5.91 Å². The van der Waals surface area contributed by atoms with Crippen molar-refractivity contribution < 1.29 is 9.53 Å². The summed E-state index contributed by atoms with van der Waals surface area (Å²) in [4.78, 5) is 16.9. The van der Waals surface area contributed by atoms with Gasteiger partial charge in [0, 0.05) is 25.2 Å². The van der Waals surface area contributed by atoms with Crippen molar-refractivity contribution in [2.45, 2.75) is 58.7 Å². The number of aryl methyl sites for hydroxylation is 2. The molecule has 1 aromatic heterocycles. The molecule has 1 aliphatic rings. The third-order valence-electron chi connectivity index (χ3n) is 4.11. The van der Waals surface area contributed by atoms with Gasteiger partial charge in [0.15, 0.2) is 0 Å². The highest BCUT2D eigenvalue weighted by Gasteiger charge is 2.21. The first-order valence-electron chi connectivity index (χ1n) is 8.57. The Kier molecular flexibility index (Phi) is 4.88. The minimum absolute atomic E-state index is 0.0574. The van der Waals surface area contributed by atoms with Crippen LogP contribution in [0.3, 0.4) is 0 Å². The summed E-state index contributed by atoms with van der Waals surface area (Å²) >= 11 is 0. The molecule has 0 saturated heterocycles. The Balaban J connectivity index is 1.56. The van der Waals surface area contributed by atoms with Crippen molar-refractivity contribution in [3.05, 3.63) is 47.5 Å². The van der Waals surface area contributed by atoms with Gasteiger partial charge in [-0.25, -0.2) is 4.98 Å². The third-order valence-corrected chi connectivity index (χ3v) is 4.11.